The molecule has 2 aliphatic rings. The van der Waals surface area contributed by atoms with Gasteiger partial charge >= 0.3 is 5.69 Å². The van der Waals surface area contributed by atoms with Gasteiger partial charge in [0, 0.05) is 48.5 Å². The van der Waals surface area contributed by atoms with Gasteiger partial charge in [0.1, 0.15) is 0 Å². The van der Waals surface area contributed by atoms with Crippen molar-refractivity contribution in [2.75, 3.05) is 26.2 Å². The number of hydrogen-bond acceptors (Lipinski definition) is 4. The van der Waals surface area contributed by atoms with Crippen LogP contribution in [0.2, 0.25) is 0 Å². The molecule has 0 unspecified atom stereocenters. The van der Waals surface area contributed by atoms with E-state index in [0.717, 1.165) is 49.9 Å². The highest BCUT2D eigenvalue weighted by molar-refractivity contribution is 6.01. The number of H-pyrrole nitrogens is 1. The van der Waals surface area contributed by atoms with Crippen molar-refractivity contribution in [3.63, 3.8) is 0 Å². The minimum atomic E-state index is -0.517. The Kier molecular flexibility index (Phi) is 6.73. The van der Waals surface area contributed by atoms with Crippen molar-refractivity contribution in [3.05, 3.63) is 63.1 Å². The van der Waals surface area contributed by atoms with Crippen molar-refractivity contribution in [1.82, 2.24) is 24.3 Å². The number of aromatic amines is 1. The monoisotopic (exact) mass is 485 g/mol. The predicted octanol–water partition coefficient (Wildman–Crippen LogP) is 3.09. The Labute approximate surface area is 204 Å². The number of carbonyl (C=O) groups excluding carboxylic acids is 1. The number of nitrogens with zero attached hydrogens (tertiary/aromatic N) is 3. The van der Waals surface area contributed by atoms with Gasteiger partial charge in [0.25, 0.3) is 11.5 Å². The van der Waals surface area contributed by atoms with Gasteiger partial charge in [-0.25, -0.2) is 4.79 Å². The lowest BCUT2D eigenvalue weighted by molar-refractivity contribution is 0.0496. The number of benzene rings is 1. The summed E-state index contributed by atoms with van der Waals surface area (Å²) in [6.07, 6.45) is 7.89. The molecule has 0 aliphatic carbocycles. The fourth-order valence-electron chi connectivity index (χ4n) is 5.45. The van der Waals surface area contributed by atoms with Gasteiger partial charge in [0.15, 0.2) is 0 Å². The molecule has 2 fully saturated rings. The Morgan fingerprint density at radius 2 is 1.71 bits per heavy atom. The quantitative estimate of drug-likeness (QED) is 0.596. The zero-order valence-electron chi connectivity index (χ0n) is 19.7. The summed E-state index contributed by atoms with van der Waals surface area (Å²) >= 11 is 0. The predicted molar refractivity (Wildman–Crippen MR) is 135 cm³/mol. The van der Waals surface area contributed by atoms with Gasteiger partial charge in [0.05, 0.1) is 11.2 Å². The van der Waals surface area contributed by atoms with Gasteiger partial charge in [-0.15, -0.1) is 12.4 Å². The van der Waals surface area contributed by atoms with Crippen LogP contribution in [-0.4, -0.2) is 51.1 Å². The van der Waals surface area contributed by atoms with E-state index in [2.05, 4.69) is 28.7 Å². The van der Waals surface area contributed by atoms with E-state index in [1.807, 2.05) is 23.2 Å². The fraction of sp³-hybridized carbons (Fsp3) is 0.480. The summed E-state index contributed by atoms with van der Waals surface area (Å²) in [6, 6.07) is 7.20. The van der Waals surface area contributed by atoms with Gasteiger partial charge in [0.2, 0.25) is 0 Å². The molecule has 1 spiro atoms. The SMILES string of the molecule is CC(C)n1ccc2c(-n3ccc(=O)[nH]c3=O)cc(C(=O)N3CCC4(CCNCC4)CC3)cc21.Cl. The second-order valence-corrected chi connectivity index (χ2v) is 9.77. The molecule has 4 heterocycles. The van der Waals surface area contributed by atoms with Gasteiger partial charge < -0.3 is 14.8 Å². The van der Waals surface area contributed by atoms with Crippen LogP contribution in [0, 0.1) is 5.41 Å². The maximum absolute atomic E-state index is 13.6. The summed E-state index contributed by atoms with van der Waals surface area (Å²) < 4.78 is 3.51. The molecule has 0 saturated carbocycles. The molecular weight excluding hydrogens is 454 g/mol. The summed E-state index contributed by atoms with van der Waals surface area (Å²) in [6.45, 7) is 7.82. The number of aromatic nitrogens is 3. The molecule has 1 aromatic carbocycles. The number of halogens is 1. The van der Waals surface area contributed by atoms with Crippen LogP contribution in [0.15, 0.2) is 46.2 Å². The molecule has 0 radical (unpaired) electrons. The largest absolute Gasteiger partial charge is 0.345 e. The first-order valence-electron chi connectivity index (χ1n) is 11.8. The second kappa shape index (κ2) is 9.43. The molecule has 0 atom stereocenters. The van der Waals surface area contributed by atoms with Crippen LogP contribution in [0.3, 0.4) is 0 Å². The van der Waals surface area contributed by atoms with Gasteiger partial charge in [-0.2, -0.15) is 0 Å². The summed E-state index contributed by atoms with van der Waals surface area (Å²) in [5, 5.41) is 4.30. The van der Waals surface area contributed by atoms with Crippen molar-refractivity contribution in [2.45, 2.75) is 45.6 Å². The minimum Gasteiger partial charge on any atom is -0.345 e. The maximum Gasteiger partial charge on any atom is 0.332 e. The van der Waals surface area contributed by atoms with E-state index in [1.54, 1.807) is 6.07 Å². The van der Waals surface area contributed by atoms with E-state index < -0.39 is 11.2 Å². The normalized spacial score (nSPS) is 17.8. The van der Waals surface area contributed by atoms with Gasteiger partial charge in [-0.3, -0.25) is 19.1 Å². The number of hydrogen-bond donors (Lipinski definition) is 2. The number of nitrogens with one attached hydrogen (secondary N) is 2. The van der Waals surface area contributed by atoms with Crippen molar-refractivity contribution in [2.24, 2.45) is 5.41 Å². The van der Waals surface area contributed by atoms with Crippen LogP contribution in [-0.2, 0) is 0 Å². The molecule has 182 valence electrons. The molecule has 2 aromatic heterocycles. The lowest BCUT2D eigenvalue weighted by Crippen LogP contribution is -2.47. The summed E-state index contributed by atoms with van der Waals surface area (Å²) in [5.74, 6) is -0.00378. The van der Waals surface area contributed by atoms with Crippen LogP contribution < -0.4 is 16.6 Å². The number of rotatable bonds is 3. The molecule has 8 nitrogen and oxygen atoms in total. The maximum atomic E-state index is 13.6. The Morgan fingerprint density at radius 3 is 2.35 bits per heavy atom. The molecule has 9 heteroatoms. The fourth-order valence-corrected chi connectivity index (χ4v) is 5.45. The Bertz CT molecular complexity index is 1310. The Hall–Kier alpha value is -2.84. The van der Waals surface area contributed by atoms with E-state index in [4.69, 9.17) is 0 Å². The molecule has 2 N–H and O–H groups in total. The van der Waals surface area contributed by atoms with E-state index >= 15 is 0 Å². The highest BCUT2D eigenvalue weighted by Crippen LogP contribution is 2.40. The first-order valence-corrected chi connectivity index (χ1v) is 11.8. The number of fused-ring (bicyclic) bond motifs is 1. The van der Waals surface area contributed by atoms with Crippen LogP contribution in [0.4, 0.5) is 0 Å². The number of piperidine rings is 2. The van der Waals surface area contributed by atoms with Crippen molar-refractivity contribution in [1.29, 1.82) is 0 Å². The van der Waals surface area contributed by atoms with Crippen LogP contribution in [0.5, 0.6) is 0 Å². The summed E-state index contributed by atoms with van der Waals surface area (Å²) in [4.78, 5) is 42.1. The minimum absolute atomic E-state index is 0. The van der Waals surface area contributed by atoms with Crippen molar-refractivity contribution < 1.29 is 4.79 Å². The number of likely N-dealkylation sites (tertiary alicyclic amines) is 1. The third kappa shape index (κ3) is 4.32. The molecule has 2 saturated heterocycles. The first-order chi connectivity index (χ1) is 15.9. The average Bonchev–Trinajstić information content (AvgIpc) is 3.24. The van der Waals surface area contributed by atoms with Crippen LogP contribution >= 0.6 is 12.4 Å². The zero-order chi connectivity index (χ0) is 23.2. The van der Waals surface area contributed by atoms with E-state index in [0.29, 0.717) is 16.7 Å². The average molecular weight is 486 g/mol. The smallest absolute Gasteiger partial charge is 0.332 e. The van der Waals surface area contributed by atoms with Crippen LogP contribution in [0.25, 0.3) is 16.6 Å². The van der Waals surface area contributed by atoms with E-state index in [9.17, 15) is 14.4 Å². The third-order valence-electron chi connectivity index (χ3n) is 7.48. The second-order valence-electron chi connectivity index (χ2n) is 9.77. The number of carbonyl (C=O) groups is 1. The van der Waals surface area contributed by atoms with Gasteiger partial charge in [-0.05, 0) is 76.2 Å². The molecule has 5 rings (SSSR count). The summed E-state index contributed by atoms with van der Waals surface area (Å²) in [5.41, 5.74) is 1.47. The standard InChI is InChI=1S/C25H31N5O3.ClH/c1-17(2)29-11-3-19-20(29)15-18(16-21(19)30-12-4-22(31)27-24(30)33)23(32)28-13-7-25(8-14-28)5-9-26-10-6-25;/h3-4,11-12,15-17,26H,5-10,13-14H2,1-2H3,(H,27,31,33);1H. The summed E-state index contributed by atoms with van der Waals surface area (Å²) in [7, 11) is 0. The Morgan fingerprint density at radius 1 is 1.00 bits per heavy atom. The topological polar surface area (TPSA) is 92.1 Å². The number of amides is 1. The molecule has 3 aromatic rings. The van der Waals surface area contributed by atoms with E-state index in [-0.39, 0.29) is 24.4 Å². The first kappa shape index (κ1) is 24.3. The lowest BCUT2D eigenvalue weighted by Gasteiger charge is -2.44. The molecular formula is C25H32ClN5O3. The zero-order valence-corrected chi connectivity index (χ0v) is 20.5. The van der Waals surface area contributed by atoms with E-state index in [1.165, 1.54) is 29.7 Å². The van der Waals surface area contributed by atoms with Crippen LogP contribution in [0.1, 0.15) is 55.9 Å². The molecule has 34 heavy (non-hydrogen) atoms. The highest BCUT2D eigenvalue weighted by atomic mass is 35.5. The molecule has 2 aliphatic heterocycles. The third-order valence-corrected chi connectivity index (χ3v) is 7.48. The van der Waals surface area contributed by atoms with Gasteiger partial charge in [-0.1, -0.05) is 0 Å². The lowest BCUT2D eigenvalue weighted by atomic mass is 9.71. The molecule has 1 amide bonds. The van der Waals surface area contributed by atoms with Crippen molar-refractivity contribution >= 4 is 29.2 Å². The van der Waals surface area contributed by atoms with Crippen molar-refractivity contribution in [3.8, 4) is 5.69 Å². The molecule has 0 bridgehead atoms. The Balaban J connectivity index is 0.00000274. The highest BCUT2D eigenvalue weighted by Gasteiger charge is 2.37.